The van der Waals surface area contributed by atoms with Gasteiger partial charge in [-0.25, -0.2) is 9.97 Å². The molecule has 7 aromatic rings. The third kappa shape index (κ3) is 3.88. The summed E-state index contributed by atoms with van der Waals surface area (Å²) < 4.78 is 6.67. The Bertz CT molecular complexity index is 2440. The molecule has 1 aromatic heterocycles. The standard InChI is InChI=1S/C45H30N2O/c1-2-13-29(14-3-1)44-46-40-23-10-6-19-35(40)43(47-44)32-16-12-15-30(27-32)31-25-26-42-39(28-31)45(38-22-9-11-24-41(38)48-42)36-20-7-4-17-33(36)34-18-5-8-21-37(34)45/h1-13,15-29H,14H2. The Morgan fingerprint density at radius 2 is 1.23 bits per heavy atom. The van der Waals surface area contributed by atoms with E-state index in [-0.39, 0.29) is 5.92 Å². The fourth-order valence-corrected chi connectivity index (χ4v) is 8.13. The van der Waals surface area contributed by atoms with E-state index in [0.717, 1.165) is 62.6 Å². The summed E-state index contributed by atoms with van der Waals surface area (Å²) in [5, 5.41) is 1.06. The number of allylic oxidation sites excluding steroid dienone is 4. The van der Waals surface area contributed by atoms with Gasteiger partial charge in [0.05, 0.1) is 16.6 Å². The Morgan fingerprint density at radius 3 is 2.04 bits per heavy atom. The van der Waals surface area contributed by atoms with Crippen molar-refractivity contribution in [2.24, 2.45) is 0 Å². The molecule has 3 nitrogen and oxygen atoms in total. The van der Waals surface area contributed by atoms with Crippen molar-refractivity contribution in [1.82, 2.24) is 9.97 Å². The quantitative estimate of drug-likeness (QED) is 0.199. The Kier molecular flexibility index (Phi) is 5.91. The third-order valence-electron chi connectivity index (χ3n) is 10.2. The molecule has 1 unspecified atom stereocenters. The van der Waals surface area contributed by atoms with Crippen molar-refractivity contribution in [2.75, 3.05) is 0 Å². The maximum Gasteiger partial charge on any atom is 0.136 e. The summed E-state index contributed by atoms with van der Waals surface area (Å²) in [6, 6.07) is 50.1. The van der Waals surface area contributed by atoms with E-state index in [9.17, 15) is 0 Å². The lowest BCUT2D eigenvalue weighted by molar-refractivity contribution is 0.436. The predicted molar refractivity (Wildman–Crippen MR) is 193 cm³/mol. The van der Waals surface area contributed by atoms with Crippen LogP contribution in [0.4, 0.5) is 0 Å². The van der Waals surface area contributed by atoms with Gasteiger partial charge in [0.15, 0.2) is 0 Å². The van der Waals surface area contributed by atoms with Gasteiger partial charge in [-0.3, -0.25) is 0 Å². The number of rotatable bonds is 3. The molecule has 3 heteroatoms. The normalized spacial score (nSPS) is 16.2. The number of para-hydroxylation sites is 2. The number of hydrogen-bond donors (Lipinski definition) is 0. The van der Waals surface area contributed by atoms with E-state index in [1.54, 1.807) is 0 Å². The van der Waals surface area contributed by atoms with Gasteiger partial charge in [0.2, 0.25) is 0 Å². The SMILES string of the molecule is C1=CCC(c2nc(-c3cccc(-c4ccc5c(c4)C4(c6ccccc6O5)c5ccccc5-c5ccccc54)c3)c3ccccc3n2)C=C1. The van der Waals surface area contributed by atoms with E-state index in [1.807, 2.05) is 0 Å². The lowest BCUT2D eigenvalue weighted by Gasteiger charge is -2.39. The average Bonchev–Trinajstić information content (AvgIpc) is 3.45. The second-order valence-electron chi connectivity index (χ2n) is 12.8. The third-order valence-corrected chi connectivity index (χ3v) is 10.2. The minimum atomic E-state index is -0.495. The molecule has 0 amide bonds. The molecule has 0 radical (unpaired) electrons. The molecule has 0 saturated heterocycles. The predicted octanol–water partition coefficient (Wildman–Crippen LogP) is 11.0. The first kappa shape index (κ1) is 27.1. The second kappa shape index (κ2) is 10.5. The monoisotopic (exact) mass is 614 g/mol. The van der Waals surface area contributed by atoms with Crippen molar-refractivity contribution >= 4 is 10.9 Å². The zero-order valence-electron chi connectivity index (χ0n) is 26.2. The number of ether oxygens (including phenoxy) is 1. The summed E-state index contributed by atoms with van der Waals surface area (Å²) >= 11 is 0. The smallest absolute Gasteiger partial charge is 0.136 e. The molecule has 1 atom stereocenters. The second-order valence-corrected chi connectivity index (χ2v) is 12.8. The Morgan fingerprint density at radius 1 is 0.542 bits per heavy atom. The van der Waals surface area contributed by atoms with Crippen LogP contribution < -0.4 is 4.74 Å². The van der Waals surface area contributed by atoms with Crippen LogP contribution in [-0.4, -0.2) is 9.97 Å². The van der Waals surface area contributed by atoms with Crippen LogP contribution in [0.1, 0.15) is 40.4 Å². The van der Waals surface area contributed by atoms with Gasteiger partial charge >= 0.3 is 0 Å². The van der Waals surface area contributed by atoms with Crippen LogP contribution in [0.3, 0.4) is 0 Å². The largest absolute Gasteiger partial charge is 0.457 e. The Hall–Kier alpha value is -6.06. The number of hydrogen-bond acceptors (Lipinski definition) is 3. The van der Waals surface area contributed by atoms with Crippen LogP contribution in [0.5, 0.6) is 11.5 Å². The molecule has 1 spiro atoms. The fraction of sp³-hybridized carbons (Fsp3) is 0.0667. The average molecular weight is 615 g/mol. The Labute approximate surface area is 279 Å². The first-order chi connectivity index (χ1) is 23.8. The van der Waals surface area contributed by atoms with Gasteiger partial charge in [-0.05, 0) is 70.1 Å². The van der Waals surface area contributed by atoms with Crippen LogP contribution >= 0.6 is 0 Å². The van der Waals surface area contributed by atoms with Crippen molar-refractivity contribution in [3.63, 3.8) is 0 Å². The summed E-state index contributed by atoms with van der Waals surface area (Å²) in [7, 11) is 0. The first-order valence-corrected chi connectivity index (χ1v) is 16.6. The van der Waals surface area contributed by atoms with E-state index in [4.69, 9.17) is 14.7 Å². The number of nitrogens with zero attached hydrogens (tertiary/aromatic N) is 2. The molecule has 10 rings (SSSR count). The summed E-state index contributed by atoms with van der Waals surface area (Å²) in [6.07, 6.45) is 9.49. The Balaban J connectivity index is 1.17. The fourth-order valence-electron chi connectivity index (χ4n) is 8.13. The van der Waals surface area contributed by atoms with E-state index in [0.29, 0.717) is 0 Å². The van der Waals surface area contributed by atoms with E-state index >= 15 is 0 Å². The maximum atomic E-state index is 6.67. The van der Waals surface area contributed by atoms with Gasteiger partial charge in [-0.2, -0.15) is 0 Å². The van der Waals surface area contributed by atoms with Gasteiger partial charge < -0.3 is 4.74 Å². The molecule has 2 heterocycles. The molecular formula is C45H30N2O. The van der Waals surface area contributed by atoms with Gasteiger partial charge in [0.1, 0.15) is 17.3 Å². The van der Waals surface area contributed by atoms with E-state index in [2.05, 4.69) is 164 Å². The summed E-state index contributed by atoms with van der Waals surface area (Å²) in [4.78, 5) is 10.2. The van der Waals surface area contributed by atoms with Crippen molar-refractivity contribution < 1.29 is 4.74 Å². The van der Waals surface area contributed by atoms with E-state index < -0.39 is 5.41 Å². The molecular weight excluding hydrogens is 585 g/mol. The summed E-state index contributed by atoms with van der Waals surface area (Å²) in [5.41, 5.74) is 12.3. The van der Waals surface area contributed by atoms with Crippen molar-refractivity contribution in [3.05, 3.63) is 192 Å². The zero-order valence-corrected chi connectivity index (χ0v) is 26.2. The van der Waals surface area contributed by atoms with Crippen LogP contribution in [0.2, 0.25) is 0 Å². The molecule has 226 valence electrons. The minimum Gasteiger partial charge on any atom is -0.457 e. The van der Waals surface area contributed by atoms with Crippen LogP contribution in [0.25, 0.3) is 44.4 Å². The van der Waals surface area contributed by atoms with Crippen molar-refractivity contribution in [3.8, 4) is 45.0 Å². The lowest BCUT2D eigenvalue weighted by atomic mass is 9.66. The van der Waals surface area contributed by atoms with Crippen LogP contribution in [0.15, 0.2) is 164 Å². The molecule has 1 aliphatic heterocycles. The molecule has 0 bridgehead atoms. The number of fused-ring (bicyclic) bond motifs is 10. The highest BCUT2D eigenvalue weighted by molar-refractivity contribution is 5.94. The zero-order chi connectivity index (χ0) is 31.7. The van der Waals surface area contributed by atoms with Gasteiger partial charge in [0.25, 0.3) is 0 Å². The highest BCUT2D eigenvalue weighted by atomic mass is 16.5. The highest BCUT2D eigenvalue weighted by Crippen LogP contribution is 2.62. The van der Waals surface area contributed by atoms with Gasteiger partial charge in [-0.1, -0.05) is 133 Å². The summed E-state index contributed by atoms with van der Waals surface area (Å²) in [5.74, 6) is 2.82. The number of benzene rings is 6. The number of aromatic nitrogens is 2. The first-order valence-electron chi connectivity index (χ1n) is 16.6. The van der Waals surface area contributed by atoms with Crippen LogP contribution in [-0.2, 0) is 5.41 Å². The molecule has 0 saturated carbocycles. The minimum absolute atomic E-state index is 0.165. The lowest BCUT2D eigenvalue weighted by Crippen LogP contribution is -2.32. The molecule has 0 fully saturated rings. The van der Waals surface area contributed by atoms with Crippen molar-refractivity contribution in [1.29, 1.82) is 0 Å². The van der Waals surface area contributed by atoms with Crippen molar-refractivity contribution in [2.45, 2.75) is 17.8 Å². The molecule has 3 aliphatic rings. The van der Waals surface area contributed by atoms with Gasteiger partial charge in [-0.15, -0.1) is 0 Å². The molecule has 48 heavy (non-hydrogen) atoms. The molecule has 2 aliphatic carbocycles. The topological polar surface area (TPSA) is 35.0 Å². The van der Waals surface area contributed by atoms with Crippen LogP contribution in [0, 0.1) is 0 Å². The van der Waals surface area contributed by atoms with E-state index in [1.165, 1.54) is 27.8 Å². The maximum absolute atomic E-state index is 6.67. The van der Waals surface area contributed by atoms with Gasteiger partial charge in [0, 0.05) is 28.0 Å². The molecule has 0 N–H and O–H groups in total. The highest BCUT2D eigenvalue weighted by Gasteiger charge is 2.50. The molecule has 6 aromatic carbocycles. The summed E-state index contributed by atoms with van der Waals surface area (Å²) in [6.45, 7) is 0.